The Bertz CT molecular complexity index is 1060. The molecular formula is C19H18BrN3O3. The third-order valence-electron chi connectivity index (χ3n) is 3.88. The summed E-state index contributed by atoms with van der Waals surface area (Å²) in [5.41, 5.74) is 1.09. The van der Waals surface area contributed by atoms with Crippen LogP contribution in [0.2, 0.25) is 0 Å². The van der Waals surface area contributed by atoms with Crippen molar-refractivity contribution in [2.24, 2.45) is 5.10 Å². The van der Waals surface area contributed by atoms with Gasteiger partial charge >= 0.3 is 0 Å². The quantitative estimate of drug-likeness (QED) is 0.655. The minimum atomic E-state index is -0.234. The number of rotatable bonds is 4. The highest BCUT2D eigenvalue weighted by Crippen LogP contribution is 2.25. The molecule has 0 amide bonds. The van der Waals surface area contributed by atoms with Gasteiger partial charge in [-0.05, 0) is 42.0 Å². The Labute approximate surface area is 158 Å². The van der Waals surface area contributed by atoms with Gasteiger partial charge in [0.1, 0.15) is 5.82 Å². The molecule has 6 nitrogen and oxygen atoms in total. The largest absolute Gasteiger partial charge is 0.504 e. The molecule has 2 aromatic carbocycles. The van der Waals surface area contributed by atoms with E-state index in [4.69, 9.17) is 4.74 Å². The third-order valence-corrected chi connectivity index (χ3v) is 4.37. The summed E-state index contributed by atoms with van der Waals surface area (Å²) in [4.78, 5) is 17.5. The Hall–Kier alpha value is -2.67. The van der Waals surface area contributed by atoms with Gasteiger partial charge in [-0.2, -0.15) is 9.78 Å². The zero-order valence-electron chi connectivity index (χ0n) is 14.6. The molecule has 0 fully saturated rings. The summed E-state index contributed by atoms with van der Waals surface area (Å²) >= 11 is 3.39. The highest BCUT2D eigenvalue weighted by Gasteiger charge is 2.13. The molecular weight excluding hydrogens is 398 g/mol. The molecule has 0 aliphatic heterocycles. The average Bonchev–Trinajstić information content (AvgIpc) is 2.62. The molecule has 0 aliphatic rings. The minimum Gasteiger partial charge on any atom is -0.504 e. The van der Waals surface area contributed by atoms with Gasteiger partial charge in [0.2, 0.25) is 0 Å². The van der Waals surface area contributed by atoms with Crippen LogP contribution in [0.4, 0.5) is 0 Å². The van der Waals surface area contributed by atoms with Crippen LogP contribution in [-0.4, -0.2) is 28.1 Å². The zero-order valence-corrected chi connectivity index (χ0v) is 16.2. The fraction of sp³-hybridized carbons (Fsp3) is 0.211. The van der Waals surface area contributed by atoms with Crippen molar-refractivity contribution < 1.29 is 9.84 Å². The van der Waals surface area contributed by atoms with Gasteiger partial charge in [-0.3, -0.25) is 4.79 Å². The SMILES string of the molecule is COc1cc(C=Nn2c(C(C)C)nc3ccc(Br)cc3c2=O)ccc1O. The molecule has 26 heavy (non-hydrogen) atoms. The summed E-state index contributed by atoms with van der Waals surface area (Å²) in [5.74, 6) is 0.974. The van der Waals surface area contributed by atoms with Crippen LogP contribution < -0.4 is 10.3 Å². The predicted molar refractivity (Wildman–Crippen MR) is 105 cm³/mol. The normalized spacial score (nSPS) is 11.6. The summed E-state index contributed by atoms with van der Waals surface area (Å²) in [5, 5.41) is 14.5. The number of aromatic hydroxyl groups is 1. The van der Waals surface area contributed by atoms with Gasteiger partial charge < -0.3 is 9.84 Å². The van der Waals surface area contributed by atoms with Gasteiger partial charge in [0, 0.05) is 10.4 Å². The molecule has 0 aliphatic carbocycles. The third kappa shape index (κ3) is 3.48. The van der Waals surface area contributed by atoms with Gasteiger partial charge in [-0.1, -0.05) is 29.8 Å². The molecule has 0 unspecified atom stereocenters. The maximum absolute atomic E-state index is 12.9. The van der Waals surface area contributed by atoms with E-state index in [0.29, 0.717) is 28.0 Å². The lowest BCUT2D eigenvalue weighted by Crippen LogP contribution is -2.23. The van der Waals surface area contributed by atoms with Crippen LogP contribution in [0.3, 0.4) is 0 Å². The second-order valence-electron chi connectivity index (χ2n) is 6.08. The van der Waals surface area contributed by atoms with Crippen molar-refractivity contribution in [3.8, 4) is 11.5 Å². The molecule has 0 atom stereocenters. The Kier molecular flexibility index (Phi) is 5.08. The number of benzene rings is 2. The first kappa shape index (κ1) is 18.1. The molecule has 0 radical (unpaired) electrons. The van der Waals surface area contributed by atoms with Gasteiger partial charge in [0.05, 0.1) is 24.2 Å². The summed E-state index contributed by atoms with van der Waals surface area (Å²) < 4.78 is 7.22. The van der Waals surface area contributed by atoms with Gasteiger partial charge in [-0.25, -0.2) is 4.98 Å². The standard InChI is InChI=1S/C19H18BrN3O3/c1-11(2)18-22-15-6-5-13(20)9-14(15)19(25)23(18)21-10-12-4-7-16(24)17(8-12)26-3/h4-11,24H,1-3H3. The predicted octanol–water partition coefficient (Wildman–Crippen LogP) is 3.88. The van der Waals surface area contributed by atoms with Crippen LogP contribution in [0.5, 0.6) is 11.5 Å². The number of hydrogen-bond acceptors (Lipinski definition) is 5. The van der Waals surface area contributed by atoms with Crippen molar-refractivity contribution in [2.75, 3.05) is 7.11 Å². The van der Waals surface area contributed by atoms with Crippen molar-refractivity contribution in [3.05, 3.63) is 62.6 Å². The lowest BCUT2D eigenvalue weighted by Gasteiger charge is -2.12. The fourth-order valence-electron chi connectivity index (χ4n) is 2.55. The van der Waals surface area contributed by atoms with E-state index in [9.17, 15) is 9.90 Å². The highest BCUT2D eigenvalue weighted by atomic mass is 79.9. The fourth-order valence-corrected chi connectivity index (χ4v) is 2.91. The molecule has 0 saturated heterocycles. The van der Waals surface area contributed by atoms with Crippen LogP contribution in [0.25, 0.3) is 10.9 Å². The number of fused-ring (bicyclic) bond motifs is 1. The maximum Gasteiger partial charge on any atom is 0.282 e. The van der Waals surface area contributed by atoms with E-state index >= 15 is 0 Å². The molecule has 7 heteroatoms. The first-order valence-electron chi connectivity index (χ1n) is 8.04. The van der Waals surface area contributed by atoms with Crippen molar-refractivity contribution in [1.29, 1.82) is 0 Å². The number of nitrogens with zero attached hydrogens (tertiary/aromatic N) is 3. The van der Waals surface area contributed by atoms with Crippen LogP contribution in [-0.2, 0) is 0 Å². The first-order chi connectivity index (χ1) is 12.4. The number of ether oxygens (including phenoxy) is 1. The Morgan fingerprint density at radius 3 is 2.73 bits per heavy atom. The van der Waals surface area contributed by atoms with E-state index in [1.807, 2.05) is 26.0 Å². The summed E-state index contributed by atoms with van der Waals surface area (Å²) in [6, 6.07) is 10.3. The number of phenolic OH excluding ortho intramolecular Hbond substituents is 1. The molecule has 1 N–H and O–H groups in total. The molecule has 0 saturated carbocycles. The van der Waals surface area contributed by atoms with Gasteiger partial charge in [0.25, 0.3) is 5.56 Å². The molecule has 0 bridgehead atoms. The summed E-state index contributed by atoms with van der Waals surface area (Å²) in [6.07, 6.45) is 1.54. The highest BCUT2D eigenvalue weighted by molar-refractivity contribution is 9.10. The van der Waals surface area contributed by atoms with Gasteiger partial charge in [-0.15, -0.1) is 0 Å². The number of methoxy groups -OCH3 is 1. The second-order valence-corrected chi connectivity index (χ2v) is 6.99. The molecule has 134 valence electrons. The second kappa shape index (κ2) is 7.29. The molecule has 0 spiro atoms. The number of aromatic nitrogens is 2. The number of phenols is 1. The topological polar surface area (TPSA) is 76.7 Å². The minimum absolute atomic E-state index is 0.0160. The summed E-state index contributed by atoms with van der Waals surface area (Å²) in [7, 11) is 1.47. The van der Waals surface area contributed by atoms with E-state index < -0.39 is 0 Å². The molecule has 3 rings (SSSR count). The van der Waals surface area contributed by atoms with Crippen molar-refractivity contribution in [1.82, 2.24) is 9.66 Å². The van der Waals surface area contributed by atoms with Crippen molar-refractivity contribution in [3.63, 3.8) is 0 Å². The van der Waals surface area contributed by atoms with E-state index in [2.05, 4.69) is 26.0 Å². The van der Waals surface area contributed by atoms with Crippen LogP contribution >= 0.6 is 15.9 Å². The van der Waals surface area contributed by atoms with E-state index in [1.165, 1.54) is 17.9 Å². The Morgan fingerprint density at radius 2 is 2.04 bits per heavy atom. The molecule has 3 aromatic rings. The van der Waals surface area contributed by atoms with E-state index in [1.54, 1.807) is 24.4 Å². The van der Waals surface area contributed by atoms with Gasteiger partial charge in [0.15, 0.2) is 11.5 Å². The lowest BCUT2D eigenvalue weighted by molar-refractivity contribution is 0.373. The lowest BCUT2D eigenvalue weighted by atomic mass is 10.2. The summed E-state index contributed by atoms with van der Waals surface area (Å²) in [6.45, 7) is 3.92. The molecule has 1 heterocycles. The van der Waals surface area contributed by atoms with Crippen LogP contribution in [0.15, 0.2) is 50.8 Å². The Morgan fingerprint density at radius 1 is 1.27 bits per heavy atom. The smallest absolute Gasteiger partial charge is 0.282 e. The monoisotopic (exact) mass is 415 g/mol. The maximum atomic E-state index is 12.9. The molecule has 1 aromatic heterocycles. The van der Waals surface area contributed by atoms with Crippen LogP contribution in [0, 0.1) is 0 Å². The number of hydrogen-bond donors (Lipinski definition) is 1. The van der Waals surface area contributed by atoms with Crippen molar-refractivity contribution >= 4 is 33.0 Å². The number of halogens is 1. The van der Waals surface area contributed by atoms with Crippen molar-refractivity contribution in [2.45, 2.75) is 19.8 Å². The Balaban J connectivity index is 2.15. The van der Waals surface area contributed by atoms with E-state index in [-0.39, 0.29) is 17.2 Å². The zero-order chi connectivity index (χ0) is 18.8. The first-order valence-corrected chi connectivity index (χ1v) is 8.83. The van der Waals surface area contributed by atoms with E-state index in [0.717, 1.165) is 4.47 Å². The van der Waals surface area contributed by atoms with Crippen LogP contribution in [0.1, 0.15) is 31.2 Å². The average molecular weight is 416 g/mol.